The molecule has 0 aromatic rings. The van der Waals surface area contributed by atoms with Crippen molar-refractivity contribution in [2.75, 3.05) is 19.6 Å². The summed E-state index contributed by atoms with van der Waals surface area (Å²) in [6.07, 6.45) is 7.90. The van der Waals surface area contributed by atoms with Crippen molar-refractivity contribution < 1.29 is 0 Å². The maximum absolute atomic E-state index is 6.62. The van der Waals surface area contributed by atoms with E-state index in [9.17, 15) is 0 Å². The number of unbranched alkanes of at least 4 members (excludes halogenated alkanes) is 3. The normalized spacial score (nSPS) is 16.3. The first kappa shape index (κ1) is 25.9. The van der Waals surface area contributed by atoms with Crippen molar-refractivity contribution in [1.29, 1.82) is 0 Å². The molecule has 0 heterocycles. The molecule has 0 unspecified atom stereocenters. The fourth-order valence-electron chi connectivity index (χ4n) is 1.67. The summed E-state index contributed by atoms with van der Waals surface area (Å²) in [7, 11) is 21.9. The molecule has 0 fully saturated rings. The molecule has 0 N–H and O–H groups in total. The van der Waals surface area contributed by atoms with Crippen LogP contribution in [0.3, 0.4) is 0 Å². The van der Waals surface area contributed by atoms with E-state index < -0.39 is 21.5 Å². The zero-order valence-electron chi connectivity index (χ0n) is 15.3. The predicted octanol–water partition coefficient (Wildman–Crippen LogP) is 8.06. The zero-order chi connectivity index (χ0) is 19.2. The van der Waals surface area contributed by atoms with Crippen LogP contribution in [0.1, 0.15) is 59.3 Å². The van der Waals surface area contributed by atoms with Gasteiger partial charge in [-0.2, -0.15) is 0 Å². The third-order valence-electron chi connectivity index (χ3n) is 3.20. The van der Waals surface area contributed by atoms with Gasteiger partial charge in [0.25, 0.3) is 0 Å². The molecule has 0 amide bonds. The number of aliphatic imine (C=N–C) groups is 3. The van der Waals surface area contributed by atoms with E-state index >= 15 is 0 Å². The fourth-order valence-corrected chi connectivity index (χ4v) is 11.4. The van der Waals surface area contributed by atoms with Crippen LogP contribution in [0, 0.1) is 0 Å². The van der Waals surface area contributed by atoms with E-state index in [0.29, 0.717) is 19.6 Å². The highest BCUT2D eigenvalue weighted by molar-refractivity contribution is 8.87. The second-order valence-corrected chi connectivity index (χ2v) is 16.6. The van der Waals surface area contributed by atoms with Gasteiger partial charge in [0, 0.05) is 25.8 Å². The number of nitrogens with zero attached hydrogens (tertiary/aromatic N) is 3. The molecule has 0 saturated carbocycles. The summed E-state index contributed by atoms with van der Waals surface area (Å²) in [5.74, 6) is 0. The van der Waals surface area contributed by atoms with E-state index in [4.69, 9.17) is 42.7 Å². The summed E-state index contributed by atoms with van der Waals surface area (Å²) in [6.45, 7) is 8.44. The van der Waals surface area contributed by atoms with Gasteiger partial charge in [-0.3, -0.25) is 15.0 Å². The smallest absolute Gasteiger partial charge is 0.114 e. The Labute approximate surface area is 174 Å². The van der Waals surface area contributed by atoms with Gasteiger partial charge in [-0.25, -0.2) is 0 Å². The third-order valence-corrected chi connectivity index (χ3v) is 11.9. The lowest BCUT2D eigenvalue weighted by molar-refractivity contribution is 0.809. The molecule has 0 aliphatic carbocycles. The van der Waals surface area contributed by atoms with E-state index in [2.05, 4.69) is 35.7 Å². The predicted molar refractivity (Wildman–Crippen MR) is 127 cm³/mol. The first-order chi connectivity index (χ1) is 11.8. The topological polar surface area (TPSA) is 37.1 Å². The first-order valence-corrected chi connectivity index (χ1v) is 15.6. The number of hydrogen-bond donors (Lipinski definition) is 0. The van der Waals surface area contributed by atoms with Crippen molar-refractivity contribution in [2.45, 2.75) is 63.9 Å². The molecule has 0 bridgehead atoms. The second kappa shape index (κ2) is 14.9. The van der Waals surface area contributed by atoms with Crippen LogP contribution in [-0.4, -0.2) is 41.5 Å². The number of halogens is 4. The Balaban J connectivity index is 5.26. The minimum Gasteiger partial charge on any atom is -0.295 e. The molecule has 0 aliphatic heterocycles. The van der Waals surface area contributed by atoms with Gasteiger partial charge >= 0.3 is 0 Å². The Hall–Kier alpha value is 0.870. The summed E-state index contributed by atoms with van der Waals surface area (Å²) >= 11 is 0. The van der Waals surface area contributed by atoms with Crippen LogP contribution < -0.4 is 0 Å². The maximum Gasteiger partial charge on any atom is 0.114 e. The molecule has 0 aliphatic rings. The van der Waals surface area contributed by atoms with Crippen molar-refractivity contribution in [3.63, 3.8) is 0 Å². The lowest BCUT2D eigenvalue weighted by Gasteiger charge is -2.36. The van der Waals surface area contributed by atoms with Gasteiger partial charge in [0.15, 0.2) is 0 Å². The second-order valence-electron chi connectivity index (χ2n) is 5.61. The van der Waals surface area contributed by atoms with E-state index in [-0.39, 0.29) is 0 Å². The van der Waals surface area contributed by atoms with Crippen LogP contribution in [0.25, 0.3) is 0 Å². The Kier molecular flexibility index (Phi) is 15.4. The Morgan fingerprint density at radius 2 is 1.04 bits per heavy atom. The quantitative estimate of drug-likeness (QED) is 0.140. The van der Waals surface area contributed by atoms with Gasteiger partial charge in [0.1, 0.15) is 4.58 Å². The van der Waals surface area contributed by atoms with Crippen molar-refractivity contribution in [3.05, 3.63) is 0 Å². The maximum atomic E-state index is 6.62. The van der Waals surface area contributed by atoms with Crippen molar-refractivity contribution in [2.24, 2.45) is 15.0 Å². The molecular weight excluding hydrogens is 440 g/mol. The van der Waals surface area contributed by atoms with E-state index in [1.54, 1.807) is 17.3 Å². The lowest BCUT2D eigenvalue weighted by atomic mass is 10.3. The molecule has 0 atom stereocenters. The molecule has 0 saturated heterocycles. The highest BCUT2D eigenvalue weighted by Gasteiger charge is 2.39. The summed E-state index contributed by atoms with van der Waals surface area (Å²) < 4.78 is -0.487. The van der Waals surface area contributed by atoms with Crippen LogP contribution in [0.2, 0.25) is 0 Å². The molecule has 9 heteroatoms. The minimum atomic E-state index is -2.31. The van der Waals surface area contributed by atoms with Gasteiger partial charge in [0.2, 0.25) is 0 Å². The minimum absolute atomic E-state index is 0.487. The number of hydrogen-bond acceptors (Lipinski definition) is 3. The largest absolute Gasteiger partial charge is 0.295 e. The molecular formula is C16H31Cl4N3S2. The van der Waals surface area contributed by atoms with E-state index in [1.807, 2.05) is 0 Å². The summed E-state index contributed by atoms with van der Waals surface area (Å²) in [6, 6.07) is 0. The highest BCUT2D eigenvalue weighted by atomic mass is 36.0. The molecule has 3 nitrogen and oxygen atoms in total. The molecule has 25 heavy (non-hydrogen) atoms. The van der Waals surface area contributed by atoms with Crippen LogP contribution in [0.4, 0.5) is 0 Å². The zero-order valence-corrected chi connectivity index (χ0v) is 20.0. The van der Waals surface area contributed by atoms with Gasteiger partial charge in [0.05, 0.1) is 11.1 Å². The SMILES string of the molecule is CCCCN=CC(S(Cl)(Cl)C=NCCCC)S(Cl)(Cl)C=NCCCC. The van der Waals surface area contributed by atoms with Crippen LogP contribution >= 0.6 is 59.6 Å². The molecule has 0 aromatic carbocycles. The molecule has 0 rings (SSSR count). The monoisotopic (exact) mass is 469 g/mol. The van der Waals surface area contributed by atoms with Crippen molar-refractivity contribution in [3.8, 4) is 0 Å². The van der Waals surface area contributed by atoms with Crippen molar-refractivity contribution in [1.82, 2.24) is 0 Å². The first-order valence-electron chi connectivity index (χ1n) is 8.74. The standard InChI is InChI=1S/C16H31Cl4N3S2/c1-4-7-10-21-13-16(24(17,18)14-22-11-8-5-2)25(19,20)15-23-12-9-6-3/h13-16H,4-12H2,1-3H3. The van der Waals surface area contributed by atoms with Gasteiger partial charge in [-0.1, -0.05) is 40.0 Å². The fraction of sp³-hybridized carbons (Fsp3) is 0.812. The molecule has 0 spiro atoms. The Morgan fingerprint density at radius 1 is 0.680 bits per heavy atom. The third kappa shape index (κ3) is 12.0. The van der Waals surface area contributed by atoms with Gasteiger partial charge in [-0.15, -0.1) is 0 Å². The molecule has 0 aromatic heterocycles. The number of rotatable bonds is 14. The van der Waals surface area contributed by atoms with Crippen LogP contribution in [-0.2, 0) is 0 Å². The van der Waals surface area contributed by atoms with E-state index in [0.717, 1.165) is 38.5 Å². The Morgan fingerprint density at radius 3 is 1.40 bits per heavy atom. The average Bonchev–Trinajstić information content (AvgIpc) is 2.55. The van der Waals surface area contributed by atoms with Gasteiger partial charge in [-0.05, 0) is 78.9 Å². The average molecular weight is 471 g/mol. The summed E-state index contributed by atoms with van der Waals surface area (Å²) in [5.41, 5.74) is 3.24. The van der Waals surface area contributed by atoms with Crippen LogP contribution in [0.5, 0.6) is 0 Å². The van der Waals surface area contributed by atoms with Crippen molar-refractivity contribution >= 4 is 76.9 Å². The highest BCUT2D eigenvalue weighted by Crippen LogP contribution is 2.75. The lowest BCUT2D eigenvalue weighted by Crippen LogP contribution is -2.17. The van der Waals surface area contributed by atoms with Crippen LogP contribution in [0.15, 0.2) is 15.0 Å². The van der Waals surface area contributed by atoms with Gasteiger partial charge < -0.3 is 0 Å². The van der Waals surface area contributed by atoms with E-state index in [1.165, 1.54) is 0 Å². The molecule has 150 valence electrons. The summed E-state index contributed by atoms with van der Waals surface area (Å²) in [4.78, 5) is 13.2. The Bertz CT molecular complexity index is 400. The summed E-state index contributed by atoms with van der Waals surface area (Å²) in [5, 5.41) is 0. The molecule has 0 radical (unpaired) electrons.